The van der Waals surface area contributed by atoms with Gasteiger partial charge in [0.05, 0.1) is 22.3 Å². The van der Waals surface area contributed by atoms with E-state index in [4.69, 9.17) is 0 Å². The van der Waals surface area contributed by atoms with Gasteiger partial charge < -0.3 is 10.3 Å². The highest BCUT2D eigenvalue weighted by atomic mass is 16.2. The van der Waals surface area contributed by atoms with Crippen LogP contribution in [0.1, 0.15) is 0 Å². The lowest BCUT2D eigenvalue weighted by Gasteiger charge is -2.13. The number of rotatable bonds is 3. The van der Waals surface area contributed by atoms with Gasteiger partial charge in [-0.05, 0) is 36.4 Å². The van der Waals surface area contributed by atoms with E-state index in [-0.39, 0.29) is 5.56 Å². The average molecular weight is 329 g/mol. The first kappa shape index (κ1) is 15.0. The van der Waals surface area contributed by atoms with E-state index in [9.17, 15) is 9.59 Å². The summed E-state index contributed by atoms with van der Waals surface area (Å²) >= 11 is 0. The van der Waals surface area contributed by atoms with Gasteiger partial charge in [0.2, 0.25) is 0 Å². The SMILES string of the molecule is O=c1[nH]c2ccccc2c(=O)n1-c1ccccc1Nc1ccccc1. The maximum absolute atomic E-state index is 12.9. The highest BCUT2D eigenvalue weighted by Gasteiger charge is 2.12. The molecule has 0 aliphatic rings. The van der Waals surface area contributed by atoms with E-state index >= 15 is 0 Å². The van der Waals surface area contributed by atoms with Crippen LogP contribution in [0, 0.1) is 0 Å². The largest absolute Gasteiger partial charge is 0.354 e. The molecule has 0 saturated carbocycles. The Kier molecular flexibility index (Phi) is 3.67. The smallest absolute Gasteiger partial charge is 0.333 e. The summed E-state index contributed by atoms with van der Waals surface area (Å²) in [5.41, 5.74) is 1.77. The van der Waals surface area contributed by atoms with Crippen molar-refractivity contribution in [2.24, 2.45) is 0 Å². The van der Waals surface area contributed by atoms with Gasteiger partial charge in [0.25, 0.3) is 5.56 Å². The van der Waals surface area contributed by atoms with Gasteiger partial charge in [0.1, 0.15) is 0 Å². The van der Waals surface area contributed by atoms with Crippen molar-refractivity contribution in [2.75, 3.05) is 5.32 Å². The van der Waals surface area contributed by atoms with Gasteiger partial charge >= 0.3 is 5.69 Å². The summed E-state index contributed by atoms with van der Waals surface area (Å²) in [7, 11) is 0. The molecular weight excluding hydrogens is 314 g/mol. The van der Waals surface area contributed by atoms with Gasteiger partial charge in [-0.1, -0.05) is 42.5 Å². The predicted octanol–water partition coefficient (Wildman–Crippen LogP) is 3.42. The minimum atomic E-state index is -0.467. The van der Waals surface area contributed by atoms with Gasteiger partial charge in [0.15, 0.2) is 0 Å². The number of nitrogens with one attached hydrogen (secondary N) is 2. The number of hydrogen-bond donors (Lipinski definition) is 2. The van der Waals surface area contributed by atoms with Crippen molar-refractivity contribution in [3.8, 4) is 5.69 Å². The monoisotopic (exact) mass is 329 g/mol. The van der Waals surface area contributed by atoms with Crippen LogP contribution in [0.4, 0.5) is 11.4 Å². The molecule has 4 aromatic rings. The van der Waals surface area contributed by atoms with Gasteiger partial charge in [-0.2, -0.15) is 0 Å². The third-order valence-corrected chi connectivity index (χ3v) is 4.00. The summed E-state index contributed by atoms with van der Waals surface area (Å²) in [6, 6.07) is 23.8. The van der Waals surface area contributed by atoms with E-state index in [0.717, 1.165) is 10.3 Å². The van der Waals surface area contributed by atoms with Gasteiger partial charge in [-0.15, -0.1) is 0 Å². The molecule has 0 spiro atoms. The number of anilines is 2. The van der Waals surface area contributed by atoms with E-state index in [0.29, 0.717) is 22.3 Å². The summed E-state index contributed by atoms with van der Waals surface area (Å²) < 4.78 is 1.16. The van der Waals surface area contributed by atoms with E-state index in [1.54, 1.807) is 36.4 Å². The molecule has 0 amide bonds. The molecule has 0 radical (unpaired) electrons. The molecule has 5 nitrogen and oxygen atoms in total. The summed E-state index contributed by atoms with van der Waals surface area (Å²) in [5, 5.41) is 3.73. The van der Waals surface area contributed by atoms with E-state index in [1.807, 2.05) is 42.5 Å². The molecule has 4 rings (SSSR count). The molecule has 0 aliphatic carbocycles. The van der Waals surface area contributed by atoms with Gasteiger partial charge in [0, 0.05) is 5.69 Å². The topological polar surface area (TPSA) is 66.9 Å². The zero-order chi connectivity index (χ0) is 17.2. The quantitative estimate of drug-likeness (QED) is 0.605. The van der Waals surface area contributed by atoms with Crippen LogP contribution in [0.5, 0.6) is 0 Å². The van der Waals surface area contributed by atoms with Crippen molar-refractivity contribution in [3.63, 3.8) is 0 Å². The molecule has 0 aliphatic heterocycles. The summed E-state index contributed by atoms with van der Waals surface area (Å²) in [5.74, 6) is 0. The van der Waals surface area contributed by atoms with Crippen LogP contribution in [-0.4, -0.2) is 9.55 Å². The van der Waals surface area contributed by atoms with Crippen molar-refractivity contribution >= 4 is 22.3 Å². The van der Waals surface area contributed by atoms with Crippen LogP contribution < -0.4 is 16.6 Å². The Morgan fingerprint density at radius 1 is 0.760 bits per heavy atom. The van der Waals surface area contributed by atoms with Crippen molar-refractivity contribution in [3.05, 3.63) is 99.7 Å². The predicted molar refractivity (Wildman–Crippen MR) is 99.9 cm³/mol. The minimum absolute atomic E-state index is 0.346. The van der Waals surface area contributed by atoms with Gasteiger partial charge in [-0.3, -0.25) is 4.79 Å². The molecular formula is C20H15N3O2. The highest BCUT2D eigenvalue weighted by molar-refractivity contribution is 5.78. The Morgan fingerprint density at radius 3 is 2.28 bits per heavy atom. The van der Waals surface area contributed by atoms with Crippen LogP contribution in [0.2, 0.25) is 0 Å². The van der Waals surface area contributed by atoms with E-state index < -0.39 is 5.69 Å². The fourth-order valence-corrected chi connectivity index (χ4v) is 2.83. The normalized spacial score (nSPS) is 10.7. The van der Waals surface area contributed by atoms with Crippen LogP contribution in [-0.2, 0) is 0 Å². The van der Waals surface area contributed by atoms with Crippen LogP contribution in [0.25, 0.3) is 16.6 Å². The van der Waals surface area contributed by atoms with Gasteiger partial charge in [-0.25, -0.2) is 9.36 Å². The fraction of sp³-hybridized carbons (Fsp3) is 0. The lowest BCUT2D eigenvalue weighted by molar-refractivity contribution is 0.903. The lowest BCUT2D eigenvalue weighted by Crippen LogP contribution is -2.34. The second kappa shape index (κ2) is 6.13. The molecule has 0 fully saturated rings. The molecule has 0 atom stereocenters. The van der Waals surface area contributed by atoms with Crippen LogP contribution >= 0.6 is 0 Å². The molecule has 25 heavy (non-hydrogen) atoms. The zero-order valence-corrected chi connectivity index (χ0v) is 13.3. The third-order valence-electron chi connectivity index (χ3n) is 4.00. The second-order valence-electron chi connectivity index (χ2n) is 5.62. The molecule has 0 saturated heterocycles. The number of hydrogen-bond acceptors (Lipinski definition) is 3. The number of para-hydroxylation sites is 4. The van der Waals surface area contributed by atoms with Crippen LogP contribution in [0.15, 0.2) is 88.5 Å². The molecule has 1 heterocycles. The first-order chi connectivity index (χ1) is 12.2. The van der Waals surface area contributed by atoms with Crippen molar-refractivity contribution in [1.82, 2.24) is 9.55 Å². The lowest BCUT2D eigenvalue weighted by atomic mass is 10.2. The fourth-order valence-electron chi connectivity index (χ4n) is 2.83. The molecule has 0 bridgehead atoms. The third kappa shape index (κ3) is 2.72. The summed E-state index contributed by atoms with van der Waals surface area (Å²) in [6.45, 7) is 0. The molecule has 0 unspecified atom stereocenters. The number of nitrogens with zero attached hydrogens (tertiary/aromatic N) is 1. The standard InChI is InChI=1S/C20H15N3O2/c24-19-15-10-4-5-11-16(15)22-20(25)23(19)18-13-7-6-12-17(18)21-14-8-2-1-3-9-14/h1-13,21H,(H,22,25). The van der Waals surface area contributed by atoms with E-state index in [2.05, 4.69) is 10.3 Å². The Hall–Kier alpha value is -3.60. The Labute approximate surface area is 143 Å². The van der Waals surface area contributed by atoms with Crippen molar-refractivity contribution in [1.29, 1.82) is 0 Å². The number of aromatic amines is 1. The molecule has 5 heteroatoms. The Morgan fingerprint density at radius 2 is 1.44 bits per heavy atom. The maximum atomic E-state index is 12.9. The zero-order valence-electron chi connectivity index (χ0n) is 13.3. The summed E-state index contributed by atoms with van der Waals surface area (Å²) in [6.07, 6.45) is 0. The van der Waals surface area contributed by atoms with E-state index in [1.165, 1.54) is 0 Å². The number of H-pyrrole nitrogens is 1. The molecule has 1 aromatic heterocycles. The average Bonchev–Trinajstić information content (AvgIpc) is 2.64. The highest BCUT2D eigenvalue weighted by Crippen LogP contribution is 2.22. The number of aromatic nitrogens is 2. The summed E-state index contributed by atoms with van der Waals surface area (Å²) in [4.78, 5) is 28.2. The molecule has 2 N–H and O–H groups in total. The first-order valence-corrected chi connectivity index (χ1v) is 7.89. The van der Waals surface area contributed by atoms with Crippen molar-refractivity contribution in [2.45, 2.75) is 0 Å². The minimum Gasteiger partial charge on any atom is -0.354 e. The molecule has 122 valence electrons. The number of benzene rings is 3. The molecule has 3 aromatic carbocycles. The second-order valence-corrected chi connectivity index (χ2v) is 5.62. The maximum Gasteiger partial charge on any atom is 0.333 e. The van der Waals surface area contributed by atoms with Crippen molar-refractivity contribution < 1.29 is 0 Å². The Balaban J connectivity index is 1.93. The number of fused-ring (bicyclic) bond motifs is 1. The Bertz CT molecular complexity index is 1160. The first-order valence-electron chi connectivity index (χ1n) is 7.89. The van der Waals surface area contributed by atoms with Crippen LogP contribution in [0.3, 0.4) is 0 Å².